The summed E-state index contributed by atoms with van der Waals surface area (Å²) in [6.07, 6.45) is 1.66. The van der Waals surface area contributed by atoms with E-state index in [1.54, 1.807) is 0 Å². The van der Waals surface area contributed by atoms with Crippen LogP contribution in [-0.4, -0.2) is 5.11 Å². The minimum atomic E-state index is -0.627. The maximum atomic E-state index is 9.77. The molecule has 1 nitrogen and oxygen atoms in total. The van der Waals surface area contributed by atoms with Gasteiger partial charge in [-0.3, -0.25) is 0 Å². The van der Waals surface area contributed by atoms with Crippen LogP contribution in [0.1, 0.15) is 18.4 Å². The van der Waals surface area contributed by atoms with Gasteiger partial charge < -0.3 is 5.11 Å². The van der Waals surface area contributed by atoms with Gasteiger partial charge in [0.05, 0.1) is 5.60 Å². The van der Waals surface area contributed by atoms with E-state index in [-0.39, 0.29) is 0 Å². The molecule has 0 radical (unpaired) electrons. The number of halogens is 2. The number of benzene rings is 1. The lowest BCUT2D eigenvalue weighted by Crippen LogP contribution is -2.04. The van der Waals surface area contributed by atoms with Crippen LogP contribution < -0.4 is 0 Å². The molecule has 0 amide bonds. The van der Waals surface area contributed by atoms with E-state index in [2.05, 4.69) is 15.9 Å². The SMILES string of the molecule is OC1(c2ccc(Br)cc2Cl)CC1. The van der Waals surface area contributed by atoms with Gasteiger partial charge in [-0.1, -0.05) is 33.6 Å². The largest absolute Gasteiger partial charge is 0.385 e. The van der Waals surface area contributed by atoms with Crippen LogP contribution >= 0.6 is 27.5 Å². The predicted octanol–water partition coefficient (Wildman–Crippen LogP) is 3.08. The Kier molecular flexibility index (Phi) is 1.94. The Morgan fingerprint density at radius 3 is 2.58 bits per heavy atom. The van der Waals surface area contributed by atoms with E-state index in [4.69, 9.17) is 11.6 Å². The summed E-state index contributed by atoms with van der Waals surface area (Å²) < 4.78 is 0.945. The molecule has 0 unspecified atom stereocenters. The second-order valence-corrected chi connectivity index (χ2v) is 4.48. The topological polar surface area (TPSA) is 20.2 Å². The molecule has 12 heavy (non-hydrogen) atoms. The van der Waals surface area contributed by atoms with Crippen LogP contribution in [0.2, 0.25) is 5.02 Å². The van der Waals surface area contributed by atoms with Gasteiger partial charge in [0.2, 0.25) is 0 Å². The number of hydrogen-bond acceptors (Lipinski definition) is 1. The molecular formula is C9H8BrClO. The summed E-state index contributed by atoms with van der Waals surface area (Å²) >= 11 is 9.28. The maximum absolute atomic E-state index is 9.77. The molecule has 1 aromatic carbocycles. The van der Waals surface area contributed by atoms with Crippen molar-refractivity contribution >= 4 is 27.5 Å². The third-order valence-corrected chi connectivity index (χ3v) is 2.96. The molecule has 0 atom stereocenters. The molecule has 0 spiro atoms. The van der Waals surface area contributed by atoms with Gasteiger partial charge in [0.15, 0.2) is 0 Å². The van der Waals surface area contributed by atoms with Crippen LogP contribution in [0, 0.1) is 0 Å². The van der Waals surface area contributed by atoms with Crippen molar-refractivity contribution in [1.29, 1.82) is 0 Å². The van der Waals surface area contributed by atoms with E-state index in [0.717, 1.165) is 22.9 Å². The van der Waals surface area contributed by atoms with Crippen molar-refractivity contribution in [3.63, 3.8) is 0 Å². The highest BCUT2D eigenvalue weighted by atomic mass is 79.9. The summed E-state index contributed by atoms with van der Waals surface area (Å²) in [6, 6.07) is 5.59. The fraction of sp³-hybridized carbons (Fsp3) is 0.333. The van der Waals surface area contributed by atoms with Gasteiger partial charge in [-0.25, -0.2) is 0 Å². The monoisotopic (exact) mass is 246 g/mol. The van der Waals surface area contributed by atoms with E-state index < -0.39 is 5.60 Å². The van der Waals surface area contributed by atoms with Gasteiger partial charge in [-0.15, -0.1) is 0 Å². The van der Waals surface area contributed by atoms with Gasteiger partial charge in [-0.2, -0.15) is 0 Å². The second kappa shape index (κ2) is 2.72. The van der Waals surface area contributed by atoms with E-state index in [1.165, 1.54) is 0 Å². The molecule has 64 valence electrons. The van der Waals surface area contributed by atoms with E-state index in [1.807, 2.05) is 18.2 Å². The molecule has 0 aromatic heterocycles. The molecule has 1 saturated carbocycles. The second-order valence-electron chi connectivity index (χ2n) is 3.16. The molecule has 1 aromatic rings. The lowest BCUT2D eigenvalue weighted by molar-refractivity contribution is 0.151. The van der Waals surface area contributed by atoms with Gasteiger partial charge in [-0.05, 0) is 25.0 Å². The zero-order valence-corrected chi connectivity index (χ0v) is 8.69. The van der Waals surface area contributed by atoms with Crippen molar-refractivity contribution in [2.75, 3.05) is 0 Å². The molecule has 0 heterocycles. The summed E-state index contributed by atoms with van der Waals surface area (Å²) in [6.45, 7) is 0. The van der Waals surface area contributed by atoms with Gasteiger partial charge in [0.1, 0.15) is 0 Å². The average Bonchev–Trinajstić information content (AvgIpc) is 2.68. The van der Waals surface area contributed by atoms with Gasteiger partial charge in [0.25, 0.3) is 0 Å². The minimum Gasteiger partial charge on any atom is -0.385 e. The minimum absolute atomic E-state index is 0.627. The van der Waals surface area contributed by atoms with Crippen molar-refractivity contribution in [2.24, 2.45) is 0 Å². The third kappa shape index (κ3) is 1.39. The molecule has 3 heteroatoms. The van der Waals surface area contributed by atoms with Crippen LogP contribution in [0.15, 0.2) is 22.7 Å². The zero-order chi connectivity index (χ0) is 8.77. The van der Waals surface area contributed by atoms with Crippen molar-refractivity contribution < 1.29 is 5.11 Å². The Bertz CT molecular complexity index is 320. The fourth-order valence-electron chi connectivity index (χ4n) is 1.25. The molecular weight excluding hydrogens is 239 g/mol. The Morgan fingerprint density at radius 1 is 1.42 bits per heavy atom. The van der Waals surface area contributed by atoms with Crippen LogP contribution in [0.4, 0.5) is 0 Å². The first-order valence-electron chi connectivity index (χ1n) is 3.80. The smallest absolute Gasteiger partial charge is 0.0913 e. The maximum Gasteiger partial charge on any atom is 0.0913 e. The van der Waals surface area contributed by atoms with Crippen LogP contribution in [-0.2, 0) is 5.60 Å². The van der Waals surface area contributed by atoms with Crippen molar-refractivity contribution in [3.05, 3.63) is 33.3 Å². The first kappa shape index (κ1) is 8.54. The summed E-state index contributed by atoms with van der Waals surface area (Å²) in [4.78, 5) is 0. The van der Waals surface area contributed by atoms with E-state index in [9.17, 15) is 5.11 Å². The number of aliphatic hydroxyl groups is 1. The third-order valence-electron chi connectivity index (χ3n) is 2.16. The molecule has 1 aliphatic rings. The van der Waals surface area contributed by atoms with Gasteiger partial charge in [0, 0.05) is 15.1 Å². The molecule has 0 saturated heterocycles. The summed E-state index contributed by atoms with van der Waals surface area (Å²) in [5, 5.41) is 10.4. The molecule has 1 fully saturated rings. The fourth-order valence-corrected chi connectivity index (χ4v) is 2.10. The van der Waals surface area contributed by atoms with Crippen LogP contribution in [0.5, 0.6) is 0 Å². The van der Waals surface area contributed by atoms with Crippen molar-refractivity contribution in [2.45, 2.75) is 18.4 Å². The molecule has 1 aliphatic carbocycles. The van der Waals surface area contributed by atoms with Gasteiger partial charge >= 0.3 is 0 Å². The lowest BCUT2D eigenvalue weighted by atomic mass is 10.1. The van der Waals surface area contributed by atoms with Crippen molar-refractivity contribution in [3.8, 4) is 0 Å². The van der Waals surface area contributed by atoms with Crippen LogP contribution in [0.25, 0.3) is 0 Å². The number of hydrogen-bond donors (Lipinski definition) is 1. The lowest BCUT2D eigenvalue weighted by Gasteiger charge is -2.09. The standard InChI is InChI=1S/C9H8BrClO/c10-6-1-2-7(8(11)5-6)9(12)3-4-9/h1-2,5,12H,3-4H2. The highest BCUT2D eigenvalue weighted by Gasteiger charge is 2.43. The van der Waals surface area contributed by atoms with E-state index in [0.29, 0.717) is 5.02 Å². The predicted molar refractivity (Wildman–Crippen MR) is 52.3 cm³/mol. The summed E-state index contributed by atoms with van der Waals surface area (Å²) in [5.41, 5.74) is 0.227. The summed E-state index contributed by atoms with van der Waals surface area (Å²) in [7, 11) is 0. The number of rotatable bonds is 1. The normalized spacial score (nSPS) is 19.2. The zero-order valence-electron chi connectivity index (χ0n) is 6.35. The average molecular weight is 248 g/mol. The molecule has 0 bridgehead atoms. The molecule has 2 rings (SSSR count). The Balaban J connectivity index is 2.45. The quantitative estimate of drug-likeness (QED) is 0.808. The highest BCUT2D eigenvalue weighted by Crippen LogP contribution is 2.48. The van der Waals surface area contributed by atoms with E-state index >= 15 is 0 Å². The van der Waals surface area contributed by atoms with Crippen molar-refractivity contribution in [1.82, 2.24) is 0 Å². The first-order chi connectivity index (χ1) is 5.62. The highest BCUT2D eigenvalue weighted by molar-refractivity contribution is 9.10. The Hall–Kier alpha value is -0.0500. The first-order valence-corrected chi connectivity index (χ1v) is 4.97. The molecule has 0 aliphatic heterocycles. The summed E-state index contributed by atoms with van der Waals surface area (Å²) in [5.74, 6) is 0. The molecule has 1 N–H and O–H groups in total. The van der Waals surface area contributed by atoms with Crippen LogP contribution in [0.3, 0.4) is 0 Å². The Labute approximate surface area is 84.5 Å². The Morgan fingerprint density at radius 2 is 2.08 bits per heavy atom.